The summed E-state index contributed by atoms with van der Waals surface area (Å²) in [6, 6.07) is 16.9. The second-order valence-corrected chi connectivity index (χ2v) is 7.40. The van der Waals surface area contributed by atoms with Gasteiger partial charge >= 0.3 is 0 Å². The van der Waals surface area contributed by atoms with Crippen molar-refractivity contribution in [2.24, 2.45) is 0 Å². The molecule has 1 saturated heterocycles. The number of rotatable bonds is 6. The first-order chi connectivity index (χ1) is 12.6. The number of piperazine rings is 1. The summed E-state index contributed by atoms with van der Waals surface area (Å²) in [5.41, 5.74) is 4.88. The van der Waals surface area contributed by atoms with Gasteiger partial charge in [0.1, 0.15) is 32.7 Å². The van der Waals surface area contributed by atoms with E-state index >= 15 is 0 Å². The standard InChI is InChI=1S/C22H29N3O/c1-3-20-6-4-5-7-21(20)23-22(26)17-25-14-12-24(13-15-25)16-19-10-8-18(2)9-11-19/h4-11H,3,12-17H2,1-2H3,(H,23,26)/p+2. The summed E-state index contributed by atoms with van der Waals surface area (Å²) in [6.07, 6.45) is 0.935. The topological polar surface area (TPSA) is 38.0 Å². The van der Waals surface area contributed by atoms with Crippen LogP contribution in [0.15, 0.2) is 48.5 Å². The highest BCUT2D eigenvalue weighted by Gasteiger charge is 2.25. The lowest BCUT2D eigenvalue weighted by Crippen LogP contribution is -3.28. The van der Waals surface area contributed by atoms with Crippen molar-refractivity contribution in [3.05, 3.63) is 65.2 Å². The minimum atomic E-state index is 0.128. The number of quaternary nitrogens is 2. The van der Waals surface area contributed by atoms with Crippen molar-refractivity contribution in [1.29, 1.82) is 0 Å². The highest BCUT2D eigenvalue weighted by molar-refractivity contribution is 5.92. The number of nitrogens with one attached hydrogen (secondary N) is 3. The van der Waals surface area contributed by atoms with E-state index in [0.717, 1.165) is 44.8 Å². The first-order valence-corrected chi connectivity index (χ1v) is 9.74. The van der Waals surface area contributed by atoms with Crippen LogP contribution in [0.5, 0.6) is 0 Å². The SMILES string of the molecule is CCc1ccccc1NC(=O)C[NH+]1CC[NH+](Cc2ccc(C)cc2)CC1. The van der Waals surface area contributed by atoms with E-state index in [-0.39, 0.29) is 5.91 Å². The average Bonchev–Trinajstić information content (AvgIpc) is 2.65. The molecule has 3 rings (SSSR count). The van der Waals surface area contributed by atoms with Crippen LogP contribution in [-0.4, -0.2) is 38.6 Å². The van der Waals surface area contributed by atoms with Crippen molar-refractivity contribution in [2.45, 2.75) is 26.8 Å². The Bertz CT molecular complexity index is 718. The van der Waals surface area contributed by atoms with Gasteiger partial charge in [0, 0.05) is 11.3 Å². The van der Waals surface area contributed by atoms with E-state index in [1.807, 2.05) is 18.2 Å². The van der Waals surface area contributed by atoms with E-state index in [1.54, 1.807) is 4.90 Å². The van der Waals surface area contributed by atoms with Crippen LogP contribution in [0.4, 0.5) is 5.69 Å². The van der Waals surface area contributed by atoms with E-state index < -0.39 is 0 Å². The Hall–Kier alpha value is -2.17. The van der Waals surface area contributed by atoms with Gasteiger partial charge in [-0.2, -0.15) is 0 Å². The molecule has 26 heavy (non-hydrogen) atoms. The lowest BCUT2D eigenvalue weighted by molar-refractivity contribution is -1.02. The molecule has 4 heteroatoms. The van der Waals surface area contributed by atoms with Gasteiger partial charge in [-0.05, 0) is 25.0 Å². The zero-order valence-corrected chi connectivity index (χ0v) is 16.0. The third-order valence-corrected chi connectivity index (χ3v) is 5.32. The van der Waals surface area contributed by atoms with Crippen LogP contribution in [0.1, 0.15) is 23.6 Å². The molecule has 1 aliphatic rings. The van der Waals surface area contributed by atoms with Gasteiger partial charge in [-0.15, -0.1) is 0 Å². The molecule has 1 heterocycles. The molecule has 0 spiro atoms. The number of amides is 1. The minimum Gasteiger partial charge on any atom is -0.322 e. The molecule has 4 nitrogen and oxygen atoms in total. The number of para-hydroxylation sites is 1. The molecular formula is C22H31N3O+2. The molecule has 0 atom stereocenters. The Labute approximate surface area is 156 Å². The second-order valence-electron chi connectivity index (χ2n) is 7.40. The normalized spacial score (nSPS) is 19.9. The molecule has 3 N–H and O–H groups in total. The Morgan fingerprint density at radius 3 is 2.31 bits per heavy atom. The van der Waals surface area contributed by atoms with Gasteiger partial charge in [0.25, 0.3) is 5.91 Å². The van der Waals surface area contributed by atoms with Crippen LogP contribution in [0.25, 0.3) is 0 Å². The molecular weight excluding hydrogens is 322 g/mol. The summed E-state index contributed by atoms with van der Waals surface area (Å²) in [7, 11) is 0. The average molecular weight is 354 g/mol. The molecule has 138 valence electrons. The number of anilines is 1. The second kappa shape index (κ2) is 8.97. The van der Waals surface area contributed by atoms with Crippen LogP contribution >= 0.6 is 0 Å². The lowest BCUT2D eigenvalue weighted by atomic mass is 10.1. The lowest BCUT2D eigenvalue weighted by Gasteiger charge is -2.29. The number of hydrogen-bond donors (Lipinski definition) is 3. The van der Waals surface area contributed by atoms with Crippen LogP contribution in [0, 0.1) is 6.92 Å². The zero-order valence-electron chi connectivity index (χ0n) is 16.0. The number of carbonyl (C=O) groups excluding carboxylic acids is 1. The largest absolute Gasteiger partial charge is 0.322 e. The van der Waals surface area contributed by atoms with E-state index in [0.29, 0.717) is 6.54 Å². The van der Waals surface area contributed by atoms with Gasteiger partial charge in [0.2, 0.25) is 0 Å². The van der Waals surface area contributed by atoms with E-state index in [9.17, 15) is 4.79 Å². The zero-order chi connectivity index (χ0) is 18.4. The van der Waals surface area contributed by atoms with E-state index in [2.05, 4.69) is 49.5 Å². The fourth-order valence-electron chi connectivity index (χ4n) is 3.68. The van der Waals surface area contributed by atoms with E-state index in [1.165, 1.54) is 21.6 Å². The van der Waals surface area contributed by atoms with Crippen LogP contribution in [0.2, 0.25) is 0 Å². The van der Waals surface area contributed by atoms with Gasteiger partial charge < -0.3 is 15.1 Å². The maximum Gasteiger partial charge on any atom is 0.279 e. The number of carbonyl (C=O) groups is 1. The Balaban J connectivity index is 1.44. The number of benzene rings is 2. The summed E-state index contributed by atoms with van der Waals surface area (Å²) in [5.74, 6) is 0.128. The van der Waals surface area contributed by atoms with E-state index in [4.69, 9.17) is 0 Å². The molecule has 2 aromatic rings. The molecule has 1 aliphatic heterocycles. The van der Waals surface area contributed by atoms with Crippen molar-refractivity contribution in [3.8, 4) is 0 Å². The first-order valence-electron chi connectivity index (χ1n) is 9.74. The Morgan fingerprint density at radius 1 is 0.962 bits per heavy atom. The molecule has 1 fully saturated rings. The predicted molar refractivity (Wildman–Crippen MR) is 106 cm³/mol. The van der Waals surface area contributed by atoms with Gasteiger partial charge in [-0.1, -0.05) is 55.0 Å². The van der Waals surface area contributed by atoms with Gasteiger partial charge in [0.05, 0.1) is 0 Å². The van der Waals surface area contributed by atoms with Crippen molar-refractivity contribution in [1.82, 2.24) is 0 Å². The summed E-state index contributed by atoms with van der Waals surface area (Å²) in [4.78, 5) is 15.4. The van der Waals surface area contributed by atoms with Gasteiger partial charge in [-0.25, -0.2) is 0 Å². The van der Waals surface area contributed by atoms with Crippen LogP contribution in [0.3, 0.4) is 0 Å². The third-order valence-electron chi connectivity index (χ3n) is 5.32. The van der Waals surface area contributed by atoms with Crippen molar-refractivity contribution >= 4 is 11.6 Å². The molecule has 0 bridgehead atoms. The maximum absolute atomic E-state index is 12.4. The quantitative estimate of drug-likeness (QED) is 0.694. The molecule has 0 unspecified atom stereocenters. The molecule has 0 aromatic heterocycles. The third kappa shape index (κ3) is 5.16. The molecule has 0 aliphatic carbocycles. The first kappa shape index (κ1) is 18.6. The minimum absolute atomic E-state index is 0.128. The number of aryl methyl sites for hydroxylation is 2. The highest BCUT2D eigenvalue weighted by Crippen LogP contribution is 2.14. The summed E-state index contributed by atoms with van der Waals surface area (Å²) < 4.78 is 0. The molecule has 0 radical (unpaired) electrons. The van der Waals surface area contributed by atoms with Crippen molar-refractivity contribution in [2.75, 3.05) is 38.0 Å². The monoisotopic (exact) mass is 353 g/mol. The van der Waals surface area contributed by atoms with Crippen LogP contribution in [-0.2, 0) is 17.8 Å². The smallest absolute Gasteiger partial charge is 0.279 e. The summed E-state index contributed by atoms with van der Waals surface area (Å²) in [5, 5.41) is 3.10. The van der Waals surface area contributed by atoms with Gasteiger partial charge in [0.15, 0.2) is 6.54 Å². The molecule has 1 amide bonds. The fourth-order valence-corrected chi connectivity index (χ4v) is 3.68. The Kier molecular flexibility index (Phi) is 6.42. The fraction of sp³-hybridized carbons (Fsp3) is 0.409. The van der Waals surface area contributed by atoms with Gasteiger partial charge in [-0.3, -0.25) is 4.79 Å². The van der Waals surface area contributed by atoms with Crippen molar-refractivity contribution < 1.29 is 14.6 Å². The summed E-state index contributed by atoms with van der Waals surface area (Å²) >= 11 is 0. The molecule has 2 aromatic carbocycles. The number of hydrogen-bond acceptors (Lipinski definition) is 1. The summed E-state index contributed by atoms with van der Waals surface area (Å²) in [6.45, 7) is 10.3. The van der Waals surface area contributed by atoms with Crippen LogP contribution < -0.4 is 15.1 Å². The maximum atomic E-state index is 12.4. The Morgan fingerprint density at radius 2 is 1.62 bits per heavy atom. The highest BCUT2D eigenvalue weighted by atomic mass is 16.2. The molecule has 0 saturated carbocycles. The predicted octanol–water partition coefficient (Wildman–Crippen LogP) is 0.480. The van der Waals surface area contributed by atoms with Crippen molar-refractivity contribution in [3.63, 3.8) is 0 Å².